The molecule has 3 amide bonds. The zero-order valence-electron chi connectivity index (χ0n) is 16.1. The second kappa shape index (κ2) is 8.49. The van der Waals surface area contributed by atoms with Gasteiger partial charge in [0.15, 0.2) is 0 Å². The van der Waals surface area contributed by atoms with E-state index in [0.29, 0.717) is 30.6 Å². The lowest BCUT2D eigenvalue weighted by Crippen LogP contribution is -2.52. The van der Waals surface area contributed by atoms with Gasteiger partial charge in [0.05, 0.1) is 11.1 Å². The lowest BCUT2D eigenvalue weighted by Gasteiger charge is -2.31. The molecule has 5 nitrogen and oxygen atoms in total. The largest absolute Gasteiger partial charge is 0.341 e. The zero-order chi connectivity index (χ0) is 20.4. The van der Waals surface area contributed by atoms with Crippen molar-refractivity contribution in [2.24, 2.45) is 0 Å². The Bertz CT molecular complexity index is 898. The molecule has 2 heterocycles. The van der Waals surface area contributed by atoms with Crippen molar-refractivity contribution in [3.8, 4) is 0 Å². The quantitative estimate of drug-likeness (QED) is 0.654. The zero-order valence-corrected chi connectivity index (χ0v) is 17.7. The smallest absolute Gasteiger partial charge is 0.262 e. The van der Waals surface area contributed by atoms with Gasteiger partial charge in [0, 0.05) is 24.0 Å². The third-order valence-electron chi connectivity index (χ3n) is 5.68. The lowest BCUT2D eigenvalue weighted by atomic mass is 10.0. The van der Waals surface area contributed by atoms with E-state index in [4.69, 9.17) is 0 Å². The Balaban J connectivity index is 1.68. The van der Waals surface area contributed by atoms with Gasteiger partial charge in [-0.05, 0) is 42.7 Å². The van der Waals surface area contributed by atoms with Crippen LogP contribution in [-0.4, -0.2) is 46.7 Å². The topological polar surface area (TPSA) is 57.7 Å². The molecule has 1 fully saturated rings. The molecule has 6 heteroatoms. The van der Waals surface area contributed by atoms with Gasteiger partial charge in [0.1, 0.15) is 6.04 Å². The van der Waals surface area contributed by atoms with Crippen LogP contribution in [0.3, 0.4) is 0 Å². The highest BCUT2D eigenvalue weighted by molar-refractivity contribution is 9.10. The van der Waals surface area contributed by atoms with Crippen molar-refractivity contribution in [1.82, 2.24) is 9.80 Å². The first kappa shape index (κ1) is 19.8. The highest BCUT2D eigenvalue weighted by atomic mass is 79.9. The molecule has 29 heavy (non-hydrogen) atoms. The number of rotatable bonds is 4. The van der Waals surface area contributed by atoms with E-state index in [2.05, 4.69) is 15.9 Å². The molecule has 0 aromatic heterocycles. The molecule has 150 valence electrons. The van der Waals surface area contributed by atoms with Gasteiger partial charge in [-0.1, -0.05) is 53.0 Å². The Kier molecular flexibility index (Phi) is 5.81. The van der Waals surface area contributed by atoms with Crippen molar-refractivity contribution in [3.05, 3.63) is 69.7 Å². The summed E-state index contributed by atoms with van der Waals surface area (Å²) in [6.07, 6.45) is 4.44. The van der Waals surface area contributed by atoms with Crippen LogP contribution < -0.4 is 0 Å². The molecule has 4 rings (SSSR count). The van der Waals surface area contributed by atoms with Gasteiger partial charge in [-0.2, -0.15) is 0 Å². The van der Waals surface area contributed by atoms with E-state index in [0.717, 1.165) is 35.7 Å². The summed E-state index contributed by atoms with van der Waals surface area (Å²) >= 11 is 3.42. The van der Waals surface area contributed by atoms with Crippen LogP contribution in [0.1, 0.15) is 52.0 Å². The number of imide groups is 1. The van der Waals surface area contributed by atoms with Crippen LogP contribution in [0.5, 0.6) is 0 Å². The van der Waals surface area contributed by atoms with Gasteiger partial charge < -0.3 is 4.90 Å². The van der Waals surface area contributed by atoms with Gasteiger partial charge in [0.2, 0.25) is 5.91 Å². The average Bonchev–Trinajstić information content (AvgIpc) is 2.91. The summed E-state index contributed by atoms with van der Waals surface area (Å²) in [7, 11) is 0. The maximum atomic E-state index is 13.5. The molecule has 1 unspecified atom stereocenters. The molecule has 2 aromatic carbocycles. The number of hydrogen-bond donors (Lipinski definition) is 0. The van der Waals surface area contributed by atoms with Crippen molar-refractivity contribution in [2.75, 3.05) is 13.1 Å². The molecule has 0 bridgehead atoms. The molecule has 2 aliphatic rings. The molecule has 0 spiro atoms. The van der Waals surface area contributed by atoms with Gasteiger partial charge in [0.25, 0.3) is 11.8 Å². The maximum Gasteiger partial charge on any atom is 0.262 e. The van der Waals surface area contributed by atoms with E-state index in [9.17, 15) is 14.4 Å². The van der Waals surface area contributed by atoms with E-state index >= 15 is 0 Å². The molecule has 2 aliphatic heterocycles. The molecule has 0 aliphatic carbocycles. The first-order valence-electron chi connectivity index (χ1n) is 10.1. The van der Waals surface area contributed by atoms with Gasteiger partial charge >= 0.3 is 0 Å². The number of benzene rings is 2. The molecular formula is C23H23BrN2O3. The molecule has 2 aromatic rings. The van der Waals surface area contributed by atoms with E-state index in [1.165, 1.54) is 4.90 Å². The van der Waals surface area contributed by atoms with E-state index in [-0.39, 0.29) is 17.7 Å². The third kappa shape index (κ3) is 3.99. The molecular weight excluding hydrogens is 432 g/mol. The van der Waals surface area contributed by atoms with Crippen molar-refractivity contribution < 1.29 is 14.4 Å². The predicted molar refractivity (Wildman–Crippen MR) is 114 cm³/mol. The fourth-order valence-electron chi connectivity index (χ4n) is 4.13. The minimum atomic E-state index is -0.832. The summed E-state index contributed by atoms with van der Waals surface area (Å²) in [4.78, 5) is 42.7. The number of hydrogen-bond acceptors (Lipinski definition) is 3. The van der Waals surface area contributed by atoms with Crippen LogP contribution in [0, 0.1) is 0 Å². The first-order chi connectivity index (χ1) is 14.1. The number of carbonyl (C=O) groups excluding carboxylic acids is 3. The lowest BCUT2D eigenvalue weighted by molar-refractivity contribution is -0.135. The second-order valence-corrected chi connectivity index (χ2v) is 8.53. The highest BCUT2D eigenvalue weighted by Gasteiger charge is 2.43. The fourth-order valence-corrected chi connectivity index (χ4v) is 4.39. The van der Waals surface area contributed by atoms with Crippen LogP contribution in [0.4, 0.5) is 0 Å². The van der Waals surface area contributed by atoms with Crippen molar-refractivity contribution >= 4 is 33.7 Å². The molecule has 1 atom stereocenters. The Hall–Kier alpha value is -2.47. The fraction of sp³-hybridized carbons (Fsp3) is 0.348. The number of fused-ring (bicyclic) bond motifs is 1. The Morgan fingerprint density at radius 1 is 0.862 bits per heavy atom. The van der Waals surface area contributed by atoms with Gasteiger partial charge in [-0.15, -0.1) is 0 Å². The Morgan fingerprint density at radius 3 is 1.97 bits per heavy atom. The summed E-state index contributed by atoms with van der Waals surface area (Å²) in [5, 5.41) is 0. The summed E-state index contributed by atoms with van der Waals surface area (Å²) in [6.45, 7) is 1.36. The monoisotopic (exact) mass is 454 g/mol. The molecule has 0 N–H and O–H groups in total. The second-order valence-electron chi connectivity index (χ2n) is 7.61. The predicted octanol–water partition coefficient (Wildman–Crippen LogP) is 4.06. The minimum absolute atomic E-state index is 0.135. The normalized spacial score (nSPS) is 17.8. The van der Waals surface area contributed by atoms with Gasteiger partial charge in [-0.25, -0.2) is 0 Å². The molecule has 0 radical (unpaired) electrons. The SMILES string of the molecule is O=C(C(Cc1ccc(Br)cc1)N1C(=O)c2ccccc2C1=O)N1CCCCCC1. The first-order valence-corrected chi connectivity index (χ1v) is 10.9. The summed E-state index contributed by atoms with van der Waals surface area (Å²) in [5.74, 6) is -0.893. The summed E-state index contributed by atoms with van der Waals surface area (Å²) in [6, 6.07) is 13.6. The summed E-state index contributed by atoms with van der Waals surface area (Å²) in [5.41, 5.74) is 1.67. The van der Waals surface area contributed by atoms with Gasteiger partial charge in [-0.3, -0.25) is 19.3 Å². The third-order valence-corrected chi connectivity index (χ3v) is 6.21. The summed E-state index contributed by atoms with van der Waals surface area (Å²) < 4.78 is 0.942. The van der Waals surface area contributed by atoms with Crippen molar-refractivity contribution in [3.63, 3.8) is 0 Å². The maximum absolute atomic E-state index is 13.5. The Morgan fingerprint density at radius 2 is 1.41 bits per heavy atom. The average molecular weight is 455 g/mol. The van der Waals surface area contributed by atoms with Crippen LogP contribution >= 0.6 is 15.9 Å². The van der Waals surface area contributed by atoms with Crippen LogP contribution in [-0.2, 0) is 11.2 Å². The van der Waals surface area contributed by atoms with E-state index in [1.807, 2.05) is 29.2 Å². The van der Waals surface area contributed by atoms with E-state index in [1.54, 1.807) is 24.3 Å². The van der Waals surface area contributed by atoms with Crippen LogP contribution in [0.15, 0.2) is 53.0 Å². The number of carbonyl (C=O) groups is 3. The standard InChI is InChI=1S/C23H23BrN2O3/c24-17-11-9-16(10-12-17)15-20(23(29)25-13-5-1-2-6-14-25)26-21(27)18-7-3-4-8-19(18)22(26)28/h3-4,7-12,20H,1-2,5-6,13-15H2. The van der Waals surface area contributed by atoms with Crippen molar-refractivity contribution in [2.45, 2.75) is 38.1 Å². The molecule has 1 saturated heterocycles. The Labute approximate surface area is 178 Å². The van der Waals surface area contributed by atoms with E-state index < -0.39 is 6.04 Å². The number of nitrogens with zero attached hydrogens (tertiary/aromatic N) is 2. The highest BCUT2D eigenvalue weighted by Crippen LogP contribution is 2.27. The molecule has 0 saturated carbocycles. The number of halogens is 1. The number of likely N-dealkylation sites (tertiary alicyclic amines) is 1. The minimum Gasteiger partial charge on any atom is -0.341 e. The number of amides is 3. The van der Waals surface area contributed by atoms with Crippen LogP contribution in [0.25, 0.3) is 0 Å². The van der Waals surface area contributed by atoms with Crippen molar-refractivity contribution in [1.29, 1.82) is 0 Å². The van der Waals surface area contributed by atoms with Crippen LogP contribution in [0.2, 0.25) is 0 Å².